The largest absolute Gasteiger partial charge is 0.439 e. The van der Waals surface area contributed by atoms with E-state index in [1.807, 2.05) is 12.1 Å². The lowest BCUT2D eigenvalue weighted by atomic mass is 10.1. The summed E-state index contributed by atoms with van der Waals surface area (Å²) in [6.45, 7) is 4.47. The first-order valence-corrected chi connectivity index (χ1v) is 4.27. The van der Waals surface area contributed by atoms with E-state index in [1.165, 1.54) is 11.1 Å². The number of aryl methyl sites for hydroxylation is 2. The first-order valence-electron chi connectivity index (χ1n) is 4.27. The number of fused-ring (bicyclic) bond motifs is 1. The Morgan fingerprint density at radius 3 is 2.69 bits per heavy atom. The van der Waals surface area contributed by atoms with Gasteiger partial charge in [-0.3, -0.25) is 0 Å². The summed E-state index contributed by atoms with van der Waals surface area (Å²) in [6.07, 6.45) is 0. The minimum atomic E-state index is 0.354. The quantitative estimate of drug-likeness (QED) is 0.722. The average molecular weight is 176 g/mol. The monoisotopic (exact) mass is 176 g/mol. The summed E-state index contributed by atoms with van der Waals surface area (Å²) in [5, 5.41) is 0. The number of hydrogen-bond acceptors (Lipinski definition) is 3. The number of oxazole rings is 1. The van der Waals surface area contributed by atoms with Crippen molar-refractivity contribution in [3.05, 3.63) is 29.2 Å². The molecule has 1 aromatic carbocycles. The van der Waals surface area contributed by atoms with Gasteiger partial charge in [-0.2, -0.15) is 0 Å². The van der Waals surface area contributed by atoms with Gasteiger partial charge in [0.25, 0.3) is 0 Å². The highest BCUT2D eigenvalue weighted by Gasteiger charge is 2.05. The van der Waals surface area contributed by atoms with Crippen molar-refractivity contribution in [2.45, 2.75) is 20.4 Å². The maximum Gasteiger partial charge on any atom is 0.209 e. The number of aromatic nitrogens is 1. The lowest BCUT2D eigenvalue weighted by Crippen LogP contribution is -1.94. The van der Waals surface area contributed by atoms with Gasteiger partial charge in [0.15, 0.2) is 5.58 Å². The van der Waals surface area contributed by atoms with E-state index < -0.39 is 0 Å². The summed E-state index contributed by atoms with van der Waals surface area (Å²) >= 11 is 0. The van der Waals surface area contributed by atoms with Gasteiger partial charge in [0, 0.05) is 0 Å². The van der Waals surface area contributed by atoms with Crippen LogP contribution in [0.25, 0.3) is 11.1 Å². The summed E-state index contributed by atoms with van der Waals surface area (Å²) < 4.78 is 5.42. The third-order valence-electron chi connectivity index (χ3n) is 2.22. The van der Waals surface area contributed by atoms with Gasteiger partial charge in [-0.1, -0.05) is 0 Å². The second-order valence-corrected chi connectivity index (χ2v) is 3.22. The second-order valence-electron chi connectivity index (χ2n) is 3.22. The molecule has 0 aliphatic rings. The third kappa shape index (κ3) is 1.31. The Morgan fingerprint density at radius 1 is 1.31 bits per heavy atom. The van der Waals surface area contributed by atoms with E-state index >= 15 is 0 Å². The fourth-order valence-electron chi connectivity index (χ4n) is 1.31. The zero-order chi connectivity index (χ0) is 9.42. The molecule has 0 amide bonds. The van der Waals surface area contributed by atoms with Crippen molar-refractivity contribution < 1.29 is 4.42 Å². The Kier molecular flexibility index (Phi) is 1.81. The van der Waals surface area contributed by atoms with Crippen LogP contribution >= 0.6 is 0 Å². The van der Waals surface area contributed by atoms with Gasteiger partial charge < -0.3 is 10.2 Å². The van der Waals surface area contributed by atoms with Crippen molar-refractivity contribution in [3.8, 4) is 0 Å². The average Bonchev–Trinajstić information content (AvgIpc) is 2.48. The summed E-state index contributed by atoms with van der Waals surface area (Å²) in [6, 6.07) is 4.02. The molecule has 0 bridgehead atoms. The van der Waals surface area contributed by atoms with Gasteiger partial charge in [-0.15, -0.1) is 0 Å². The van der Waals surface area contributed by atoms with Crippen LogP contribution in [0.15, 0.2) is 16.5 Å². The van der Waals surface area contributed by atoms with E-state index in [0.717, 1.165) is 11.1 Å². The van der Waals surface area contributed by atoms with Crippen LogP contribution in [0.1, 0.15) is 17.0 Å². The summed E-state index contributed by atoms with van der Waals surface area (Å²) in [4.78, 5) is 4.24. The van der Waals surface area contributed by atoms with Gasteiger partial charge in [0.1, 0.15) is 5.52 Å². The SMILES string of the molecule is Cc1cc2nc(CN)oc2cc1C. The van der Waals surface area contributed by atoms with Crippen LogP contribution in [0.3, 0.4) is 0 Å². The number of rotatable bonds is 1. The van der Waals surface area contributed by atoms with E-state index in [0.29, 0.717) is 12.4 Å². The van der Waals surface area contributed by atoms with Crippen LogP contribution in [0.2, 0.25) is 0 Å². The molecular weight excluding hydrogens is 164 g/mol. The Labute approximate surface area is 76.6 Å². The Hall–Kier alpha value is -1.35. The van der Waals surface area contributed by atoms with Gasteiger partial charge in [0.2, 0.25) is 5.89 Å². The summed E-state index contributed by atoms with van der Waals surface area (Å²) in [7, 11) is 0. The van der Waals surface area contributed by atoms with E-state index in [9.17, 15) is 0 Å². The lowest BCUT2D eigenvalue weighted by Gasteiger charge is -1.96. The molecule has 2 rings (SSSR count). The minimum Gasteiger partial charge on any atom is -0.439 e. The maximum atomic E-state index is 5.43. The first-order chi connectivity index (χ1) is 6.20. The lowest BCUT2D eigenvalue weighted by molar-refractivity contribution is 0.533. The van der Waals surface area contributed by atoms with E-state index in [2.05, 4.69) is 18.8 Å². The molecule has 3 heteroatoms. The summed E-state index contributed by atoms with van der Waals surface area (Å²) in [5.74, 6) is 0.597. The van der Waals surface area contributed by atoms with Crippen molar-refractivity contribution in [2.24, 2.45) is 5.73 Å². The van der Waals surface area contributed by atoms with Crippen molar-refractivity contribution in [1.29, 1.82) is 0 Å². The van der Waals surface area contributed by atoms with Gasteiger partial charge in [-0.25, -0.2) is 4.98 Å². The fraction of sp³-hybridized carbons (Fsp3) is 0.300. The van der Waals surface area contributed by atoms with Crippen LogP contribution in [-0.2, 0) is 6.54 Å². The highest BCUT2D eigenvalue weighted by atomic mass is 16.3. The number of benzene rings is 1. The molecule has 2 N–H and O–H groups in total. The third-order valence-corrected chi connectivity index (χ3v) is 2.22. The molecule has 68 valence electrons. The van der Waals surface area contributed by atoms with Crippen LogP contribution in [0, 0.1) is 13.8 Å². The highest BCUT2D eigenvalue weighted by Crippen LogP contribution is 2.19. The summed E-state index contributed by atoms with van der Waals surface area (Å²) in [5.41, 5.74) is 9.59. The van der Waals surface area contributed by atoms with E-state index in [1.54, 1.807) is 0 Å². The molecule has 0 saturated carbocycles. The van der Waals surface area contributed by atoms with Crippen molar-refractivity contribution >= 4 is 11.1 Å². The Bertz CT molecular complexity index is 406. The van der Waals surface area contributed by atoms with Crippen LogP contribution < -0.4 is 5.73 Å². The first kappa shape index (κ1) is 8.26. The van der Waals surface area contributed by atoms with Crippen molar-refractivity contribution in [3.63, 3.8) is 0 Å². The fourth-order valence-corrected chi connectivity index (χ4v) is 1.31. The molecule has 0 atom stereocenters. The Balaban J connectivity index is 2.70. The van der Waals surface area contributed by atoms with Crippen LogP contribution in [0.4, 0.5) is 0 Å². The van der Waals surface area contributed by atoms with Crippen molar-refractivity contribution in [1.82, 2.24) is 4.98 Å². The molecular formula is C10H12N2O. The second kappa shape index (κ2) is 2.85. The molecule has 0 fully saturated rings. The predicted molar refractivity (Wildman–Crippen MR) is 51.4 cm³/mol. The maximum absolute atomic E-state index is 5.43. The molecule has 0 spiro atoms. The van der Waals surface area contributed by atoms with Gasteiger partial charge in [0.05, 0.1) is 6.54 Å². The van der Waals surface area contributed by atoms with Gasteiger partial charge >= 0.3 is 0 Å². The standard InChI is InChI=1S/C10H12N2O/c1-6-3-8-9(4-7(6)2)13-10(5-11)12-8/h3-4H,5,11H2,1-2H3. The number of nitrogens with zero attached hydrogens (tertiary/aromatic N) is 1. The number of hydrogen-bond donors (Lipinski definition) is 1. The molecule has 2 aromatic rings. The van der Waals surface area contributed by atoms with Crippen LogP contribution in [-0.4, -0.2) is 4.98 Å². The number of nitrogens with two attached hydrogens (primary N) is 1. The molecule has 0 unspecified atom stereocenters. The zero-order valence-electron chi connectivity index (χ0n) is 7.79. The molecule has 1 aromatic heterocycles. The normalized spacial score (nSPS) is 11.0. The molecule has 0 aliphatic carbocycles. The smallest absolute Gasteiger partial charge is 0.209 e. The molecule has 0 aliphatic heterocycles. The molecule has 13 heavy (non-hydrogen) atoms. The van der Waals surface area contributed by atoms with E-state index in [-0.39, 0.29) is 0 Å². The highest BCUT2D eigenvalue weighted by molar-refractivity contribution is 5.74. The van der Waals surface area contributed by atoms with Crippen LogP contribution in [0.5, 0.6) is 0 Å². The van der Waals surface area contributed by atoms with Crippen molar-refractivity contribution in [2.75, 3.05) is 0 Å². The predicted octanol–water partition coefficient (Wildman–Crippen LogP) is 1.90. The Morgan fingerprint density at radius 2 is 2.00 bits per heavy atom. The van der Waals surface area contributed by atoms with E-state index in [4.69, 9.17) is 10.2 Å². The molecule has 0 radical (unpaired) electrons. The molecule has 0 saturated heterocycles. The molecule has 1 heterocycles. The van der Waals surface area contributed by atoms with Gasteiger partial charge in [-0.05, 0) is 37.1 Å². The zero-order valence-corrected chi connectivity index (χ0v) is 7.79. The topological polar surface area (TPSA) is 52.0 Å². The molecule has 3 nitrogen and oxygen atoms in total. The minimum absolute atomic E-state index is 0.354.